The smallest absolute Gasteiger partial charge is 0.323 e. The second kappa shape index (κ2) is 9.47. The van der Waals surface area contributed by atoms with Crippen molar-refractivity contribution in [1.82, 2.24) is 18.8 Å². The Labute approximate surface area is 202 Å². The molecule has 1 N–H and O–H groups in total. The lowest BCUT2D eigenvalue weighted by Crippen LogP contribution is -2.37. The first-order chi connectivity index (χ1) is 16.9. The maximum absolute atomic E-state index is 13.2. The summed E-state index contributed by atoms with van der Waals surface area (Å²) in [6.45, 7) is 0.594. The van der Waals surface area contributed by atoms with Crippen molar-refractivity contribution in [3.8, 4) is 11.6 Å². The van der Waals surface area contributed by atoms with Gasteiger partial charge in [0.05, 0.1) is 4.90 Å². The number of rotatable bonds is 7. The molecule has 9 nitrogen and oxygen atoms in total. The quantitative estimate of drug-likeness (QED) is 0.416. The zero-order valence-electron chi connectivity index (χ0n) is 18.8. The molecule has 0 atom stereocenters. The SMILES string of the molecule is O=C(O)Cn1cc(C2CCN(S(=O)(=O)c3ccc(Oc4ccccn4)cc3)CC2)c2cccnc21. The third kappa shape index (κ3) is 4.75. The molecule has 1 fully saturated rings. The molecule has 0 amide bonds. The van der Waals surface area contributed by atoms with Gasteiger partial charge < -0.3 is 14.4 Å². The van der Waals surface area contributed by atoms with Gasteiger partial charge in [0.2, 0.25) is 15.9 Å². The van der Waals surface area contributed by atoms with E-state index in [9.17, 15) is 18.3 Å². The molecular formula is C25H24N4O5S. The number of aliphatic carboxylic acids is 1. The van der Waals surface area contributed by atoms with E-state index in [4.69, 9.17) is 4.74 Å². The van der Waals surface area contributed by atoms with E-state index >= 15 is 0 Å². The minimum atomic E-state index is -3.64. The van der Waals surface area contributed by atoms with Gasteiger partial charge in [-0.25, -0.2) is 18.4 Å². The number of benzene rings is 1. The summed E-state index contributed by atoms with van der Waals surface area (Å²) >= 11 is 0. The molecule has 5 rings (SSSR count). The van der Waals surface area contributed by atoms with Crippen LogP contribution in [0.5, 0.6) is 11.6 Å². The number of sulfonamides is 1. The number of nitrogens with zero attached hydrogens (tertiary/aromatic N) is 4. The molecule has 0 aliphatic carbocycles. The fraction of sp³-hybridized carbons (Fsp3) is 0.240. The van der Waals surface area contributed by atoms with Crippen molar-refractivity contribution in [2.75, 3.05) is 13.1 Å². The summed E-state index contributed by atoms with van der Waals surface area (Å²) < 4.78 is 35.3. The van der Waals surface area contributed by atoms with E-state index < -0.39 is 16.0 Å². The molecule has 35 heavy (non-hydrogen) atoms. The summed E-state index contributed by atoms with van der Waals surface area (Å²) in [5, 5.41) is 10.2. The number of aromatic nitrogens is 3. The number of ether oxygens (including phenoxy) is 1. The molecule has 0 spiro atoms. The van der Waals surface area contributed by atoms with E-state index in [1.807, 2.05) is 24.4 Å². The lowest BCUT2D eigenvalue weighted by atomic mass is 9.90. The van der Waals surface area contributed by atoms with Crippen LogP contribution in [0.15, 0.2) is 78.1 Å². The van der Waals surface area contributed by atoms with Crippen molar-refractivity contribution in [2.45, 2.75) is 30.2 Å². The largest absolute Gasteiger partial charge is 0.480 e. The normalized spacial score (nSPS) is 15.3. The van der Waals surface area contributed by atoms with Crippen LogP contribution in [0, 0.1) is 0 Å². The molecule has 0 bridgehead atoms. The molecule has 1 aromatic carbocycles. The van der Waals surface area contributed by atoms with Gasteiger partial charge in [0.1, 0.15) is 17.9 Å². The van der Waals surface area contributed by atoms with Crippen molar-refractivity contribution < 1.29 is 23.1 Å². The van der Waals surface area contributed by atoms with Crippen molar-refractivity contribution in [3.05, 3.63) is 78.8 Å². The van der Waals surface area contributed by atoms with Crippen LogP contribution in [0.1, 0.15) is 24.3 Å². The molecule has 10 heteroatoms. The van der Waals surface area contributed by atoms with Crippen LogP contribution in [0.2, 0.25) is 0 Å². The average Bonchev–Trinajstić information content (AvgIpc) is 3.23. The Balaban J connectivity index is 1.29. The van der Waals surface area contributed by atoms with Crippen molar-refractivity contribution >= 4 is 27.0 Å². The molecule has 1 saturated heterocycles. The van der Waals surface area contributed by atoms with Gasteiger partial charge in [-0.3, -0.25) is 4.79 Å². The zero-order valence-corrected chi connectivity index (χ0v) is 19.6. The van der Waals surface area contributed by atoms with Gasteiger partial charge in [-0.2, -0.15) is 4.31 Å². The van der Waals surface area contributed by atoms with E-state index in [0.29, 0.717) is 43.2 Å². The highest BCUT2D eigenvalue weighted by molar-refractivity contribution is 7.89. The Hall–Kier alpha value is -3.76. The first kappa shape index (κ1) is 23.0. The first-order valence-electron chi connectivity index (χ1n) is 11.3. The second-order valence-electron chi connectivity index (χ2n) is 8.40. The fourth-order valence-electron chi connectivity index (χ4n) is 4.51. The predicted molar refractivity (Wildman–Crippen MR) is 129 cm³/mol. The molecule has 0 unspecified atom stereocenters. The highest BCUT2D eigenvalue weighted by Gasteiger charge is 2.31. The third-order valence-corrected chi connectivity index (χ3v) is 8.10. The van der Waals surface area contributed by atoms with Crippen molar-refractivity contribution in [3.63, 3.8) is 0 Å². The average molecular weight is 493 g/mol. The van der Waals surface area contributed by atoms with Gasteiger partial charge in [-0.15, -0.1) is 0 Å². The van der Waals surface area contributed by atoms with Gasteiger partial charge in [-0.05, 0) is 66.8 Å². The van der Waals surface area contributed by atoms with Gasteiger partial charge in [0, 0.05) is 43.1 Å². The Bertz CT molecular complexity index is 1440. The summed E-state index contributed by atoms with van der Waals surface area (Å²) in [5.74, 6) is 0.131. The summed E-state index contributed by atoms with van der Waals surface area (Å²) in [6, 6.07) is 15.4. The second-order valence-corrected chi connectivity index (χ2v) is 10.3. The van der Waals surface area contributed by atoms with Crippen molar-refractivity contribution in [2.24, 2.45) is 0 Å². The van der Waals surface area contributed by atoms with E-state index in [1.54, 1.807) is 53.4 Å². The number of pyridine rings is 2. The molecule has 0 saturated carbocycles. The minimum Gasteiger partial charge on any atom is -0.480 e. The summed E-state index contributed by atoms with van der Waals surface area (Å²) in [7, 11) is -3.64. The van der Waals surface area contributed by atoms with E-state index in [0.717, 1.165) is 10.9 Å². The Morgan fingerprint density at radius 1 is 1.00 bits per heavy atom. The Morgan fingerprint density at radius 3 is 2.43 bits per heavy atom. The fourth-order valence-corrected chi connectivity index (χ4v) is 5.98. The highest BCUT2D eigenvalue weighted by Crippen LogP contribution is 2.35. The Morgan fingerprint density at radius 2 is 1.74 bits per heavy atom. The van der Waals surface area contributed by atoms with E-state index in [2.05, 4.69) is 9.97 Å². The van der Waals surface area contributed by atoms with Crippen LogP contribution in [-0.2, 0) is 21.4 Å². The number of piperidine rings is 1. The minimum absolute atomic E-state index is 0.123. The maximum atomic E-state index is 13.2. The number of fused-ring (bicyclic) bond motifs is 1. The van der Waals surface area contributed by atoms with Crippen LogP contribution in [-0.4, -0.2) is 51.4 Å². The topological polar surface area (TPSA) is 115 Å². The molecule has 0 radical (unpaired) electrons. The summed E-state index contributed by atoms with van der Waals surface area (Å²) in [5.41, 5.74) is 1.65. The standard InChI is InChI=1S/C25H24N4O5S/c30-24(31)17-28-16-22(21-4-3-13-27-25(21)28)18-10-14-29(15-11-18)35(32,33)20-8-6-19(7-9-20)34-23-5-1-2-12-26-23/h1-9,12-13,16,18H,10-11,14-15,17H2,(H,30,31). The zero-order chi connectivity index (χ0) is 24.4. The highest BCUT2D eigenvalue weighted by atomic mass is 32.2. The third-order valence-electron chi connectivity index (χ3n) is 6.19. The molecule has 1 aliphatic rings. The number of hydrogen-bond acceptors (Lipinski definition) is 6. The summed E-state index contributed by atoms with van der Waals surface area (Å²) in [6.07, 6.45) is 6.40. The molecule has 180 valence electrons. The lowest BCUT2D eigenvalue weighted by Gasteiger charge is -2.31. The number of carboxylic acids is 1. The Kier molecular flexibility index (Phi) is 6.23. The number of carboxylic acid groups (broad SMARTS) is 1. The predicted octanol–water partition coefficient (Wildman–Crippen LogP) is 3.88. The van der Waals surface area contributed by atoms with E-state index in [-0.39, 0.29) is 17.4 Å². The molecule has 4 heterocycles. The first-order valence-corrected chi connectivity index (χ1v) is 12.7. The van der Waals surface area contributed by atoms with E-state index in [1.165, 1.54) is 4.31 Å². The van der Waals surface area contributed by atoms with Crippen LogP contribution in [0.4, 0.5) is 0 Å². The molecule has 3 aromatic heterocycles. The maximum Gasteiger partial charge on any atom is 0.323 e. The van der Waals surface area contributed by atoms with Gasteiger partial charge in [0.25, 0.3) is 0 Å². The van der Waals surface area contributed by atoms with Gasteiger partial charge in [-0.1, -0.05) is 6.07 Å². The summed E-state index contributed by atoms with van der Waals surface area (Å²) in [4.78, 5) is 19.9. The van der Waals surface area contributed by atoms with Crippen LogP contribution < -0.4 is 4.74 Å². The van der Waals surface area contributed by atoms with Crippen LogP contribution in [0.25, 0.3) is 11.0 Å². The van der Waals surface area contributed by atoms with Gasteiger partial charge >= 0.3 is 5.97 Å². The molecule has 1 aliphatic heterocycles. The van der Waals surface area contributed by atoms with Crippen molar-refractivity contribution in [1.29, 1.82) is 0 Å². The molecular weight excluding hydrogens is 468 g/mol. The number of carbonyl (C=O) groups is 1. The van der Waals surface area contributed by atoms with Gasteiger partial charge in [0.15, 0.2) is 0 Å². The lowest BCUT2D eigenvalue weighted by molar-refractivity contribution is -0.137. The number of hydrogen-bond donors (Lipinski definition) is 1. The molecule has 4 aromatic rings. The monoisotopic (exact) mass is 492 g/mol. The van der Waals surface area contributed by atoms with Crippen LogP contribution in [0.3, 0.4) is 0 Å². The van der Waals surface area contributed by atoms with Crippen LogP contribution >= 0.6 is 0 Å².